The lowest BCUT2D eigenvalue weighted by molar-refractivity contribution is 0.0696. The SMILES string of the molecule is CNC(=O)c1cc(C(=O)O)cc(C2CCCCC2)c1. The van der Waals surface area contributed by atoms with E-state index in [-0.39, 0.29) is 11.5 Å². The number of amides is 1. The van der Waals surface area contributed by atoms with Gasteiger partial charge in [-0.25, -0.2) is 4.79 Å². The summed E-state index contributed by atoms with van der Waals surface area (Å²) in [7, 11) is 1.55. The Bertz CT molecular complexity index is 490. The van der Waals surface area contributed by atoms with Crippen LogP contribution in [0.5, 0.6) is 0 Å². The van der Waals surface area contributed by atoms with E-state index in [0.717, 1.165) is 18.4 Å². The Morgan fingerprint density at radius 3 is 2.32 bits per heavy atom. The summed E-state index contributed by atoms with van der Waals surface area (Å²) in [5, 5.41) is 11.7. The summed E-state index contributed by atoms with van der Waals surface area (Å²) in [5.74, 6) is -0.834. The average Bonchev–Trinajstić information content (AvgIpc) is 2.46. The van der Waals surface area contributed by atoms with Crippen LogP contribution in [-0.2, 0) is 0 Å². The molecule has 4 heteroatoms. The van der Waals surface area contributed by atoms with Gasteiger partial charge >= 0.3 is 5.97 Å². The first-order valence-electron chi connectivity index (χ1n) is 6.72. The van der Waals surface area contributed by atoms with Gasteiger partial charge < -0.3 is 10.4 Å². The number of hydrogen-bond acceptors (Lipinski definition) is 2. The smallest absolute Gasteiger partial charge is 0.335 e. The third-order valence-corrected chi connectivity index (χ3v) is 3.77. The van der Waals surface area contributed by atoms with Gasteiger partial charge in [-0.15, -0.1) is 0 Å². The van der Waals surface area contributed by atoms with Gasteiger partial charge in [0.2, 0.25) is 0 Å². The minimum absolute atomic E-state index is 0.196. The molecule has 1 aromatic rings. The van der Waals surface area contributed by atoms with Gasteiger partial charge in [0.25, 0.3) is 5.91 Å². The Kier molecular flexibility index (Phi) is 4.20. The standard InChI is InChI=1S/C15H19NO3/c1-16-14(17)12-7-11(8-13(9-12)15(18)19)10-5-3-2-4-6-10/h7-10H,2-6H2,1H3,(H,16,17)(H,18,19). The summed E-state index contributed by atoms with van der Waals surface area (Å²) in [6.45, 7) is 0. The van der Waals surface area contributed by atoms with Crippen molar-refractivity contribution in [2.45, 2.75) is 38.0 Å². The highest BCUT2D eigenvalue weighted by Crippen LogP contribution is 2.33. The van der Waals surface area contributed by atoms with Crippen LogP contribution in [0, 0.1) is 0 Å². The molecule has 0 saturated heterocycles. The van der Waals surface area contributed by atoms with Crippen molar-refractivity contribution in [2.24, 2.45) is 0 Å². The Balaban J connectivity index is 2.38. The molecule has 19 heavy (non-hydrogen) atoms. The largest absolute Gasteiger partial charge is 0.478 e. The maximum atomic E-state index is 11.7. The van der Waals surface area contributed by atoms with Crippen molar-refractivity contribution in [3.63, 3.8) is 0 Å². The van der Waals surface area contributed by atoms with E-state index >= 15 is 0 Å². The molecule has 1 aromatic carbocycles. The molecule has 0 radical (unpaired) electrons. The summed E-state index contributed by atoms with van der Waals surface area (Å²) in [5.41, 5.74) is 1.61. The van der Waals surface area contributed by atoms with Crippen LogP contribution in [0.1, 0.15) is 64.3 Å². The molecule has 0 unspecified atom stereocenters. The molecular weight excluding hydrogens is 242 g/mol. The number of benzene rings is 1. The van der Waals surface area contributed by atoms with Crippen molar-refractivity contribution >= 4 is 11.9 Å². The highest BCUT2D eigenvalue weighted by molar-refractivity contribution is 5.97. The molecular formula is C15H19NO3. The Morgan fingerprint density at radius 2 is 1.74 bits per heavy atom. The molecule has 0 aromatic heterocycles. The molecule has 0 heterocycles. The van der Waals surface area contributed by atoms with Crippen LogP contribution >= 0.6 is 0 Å². The molecule has 1 aliphatic carbocycles. The second-order valence-electron chi connectivity index (χ2n) is 5.06. The first kappa shape index (κ1) is 13.6. The quantitative estimate of drug-likeness (QED) is 0.879. The van der Waals surface area contributed by atoms with Crippen molar-refractivity contribution in [1.29, 1.82) is 0 Å². The lowest BCUT2D eigenvalue weighted by atomic mass is 9.83. The molecule has 1 fully saturated rings. The Labute approximate surface area is 112 Å². The van der Waals surface area contributed by atoms with Gasteiger partial charge in [-0.3, -0.25) is 4.79 Å². The minimum atomic E-state index is -0.984. The molecule has 0 atom stereocenters. The molecule has 102 valence electrons. The predicted molar refractivity (Wildman–Crippen MR) is 72.6 cm³/mol. The third kappa shape index (κ3) is 3.13. The lowest BCUT2D eigenvalue weighted by Crippen LogP contribution is -2.19. The summed E-state index contributed by atoms with van der Waals surface area (Å²) in [4.78, 5) is 22.9. The third-order valence-electron chi connectivity index (χ3n) is 3.77. The van der Waals surface area contributed by atoms with Gasteiger partial charge in [0, 0.05) is 12.6 Å². The number of carbonyl (C=O) groups is 2. The molecule has 4 nitrogen and oxygen atoms in total. The van der Waals surface area contributed by atoms with Crippen LogP contribution in [0.2, 0.25) is 0 Å². The van der Waals surface area contributed by atoms with E-state index in [1.54, 1.807) is 13.1 Å². The van der Waals surface area contributed by atoms with Crippen LogP contribution in [0.25, 0.3) is 0 Å². The van der Waals surface area contributed by atoms with Crippen LogP contribution in [-0.4, -0.2) is 24.0 Å². The minimum Gasteiger partial charge on any atom is -0.478 e. The monoisotopic (exact) mass is 261 g/mol. The van der Waals surface area contributed by atoms with Crippen molar-refractivity contribution in [1.82, 2.24) is 5.32 Å². The maximum Gasteiger partial charge on any atom is 0.335 e. The number of hydrogen-bond donors (Lipinski definition) is 2. The molecule has 0 bridgehead atoms. The van der Waals surface area contributed by atoms with Crippen LogP contribution < -0.4 is 5.32 Å². The van der Waals surface area contributed by atoms with Crippen LogP contribution in [0.4, 0.5) is 0 Å². The Hall–Kier alpha value is -1.84. The average molecular weight is 261 g/mol. The first-order chi connectivity index (χ1) is 9.11. The fourth-order valence-electron chi connectivity index (χ4n) is 2.72. The number of aromatic carboxylic acids is 1. The van der Waals surface area contributed by atoms with Gasteiger partial charge in [0.1, 0.15) is 0 Å². The number of carboxylic acid groups (broad SMARTS) is 1. The molecule has 1 saturated carbocycles. The summed E-state index contributed by atoms with van der Waals surface area (Å²) in [6, 6.07) is 4.99. The van der Waals surface area contributed by atoms with Crippen molar-refractivity contribution < 1.29 is 14.7 Å². The Morgan fingerprint density at radius 1 is 1.11 bits per heavy atom. The summed E-state index contributed by atoms with van der Waals surface area (Å²) in [6.07, 6.45) is 5.76. The van der Waals surface area contributed by atoms with E-state index in [4.69, 9.17) is 5.11 Å². The number of carbonyl (C=O) groups excluding carboxylic acids is 1. The van der Waals surface area contributed by atoms with Crippen LogP contribution in [0.15, 0.2) is 18.2 Å². The highest BCUT2D eigenvalue weighted by atomic mass is 16.4. The van der Waals surface area contributed by atoms with E-state index in [2.05, 4.69) is 5.32 Å². The molecule has 1 aliphatic rings. The maximum absolute atomic E-state index is 11.7. The molecule has 0 aliphatic heterocycles. The predicted octanol–water partition coefficient (Wildman–Crippen LogP) is 2.79. The number of carboxylic acids is 1. The van der Waals surface area contributed by atoms with Gasteiger partial charge in [0.15, 0.2) is 0 Å². The first-order valence-corrected chi connectivity index (χ1v) is 6.72. The van der Waals surface area contributed by atoms with E-state index in [0.29, 0.717) is 11.5 Å². The summed E-state index contributed by atoms with van der Waals surface area (Å²) >= 11 is 0. The van der Waals surface area contributed by atoms with E-state index in [1.807, 2.05) is 6.07 Å². The van der Waals surface area contributed by atoms with Crippen molar-refractivity contribution in [3.8, 4) is 0 Å². The molecule has 0 spiro atoms. The van der Waals surface area contributed by atoms with E-state index in [9.17, 15) is 9.59 Å². The van der Waals surface area contributed by atoms with Crippen molar-refractivity contribution in [3.05, 3.63) is 34.9 Å². The molecule has 1 amide bonds. The fraction of sp³-hybridized carbons (Fsp3) is 0.467. The zero-order chi connectivity index (χ0) is 13.8. The summed E-state index contributed by atoms with van der Waals surface area (Å²) < 4.78 is 0. The van der Waals surface area contributed by atoms with E-state index in [1.165, 1.54) is 25.3 Å². The second-order valence-corrected chi connectivity index (χ2v) is 5.06. The van der Waals surface area contributed by atoms with Gasteiger partial charge in [0.05, 0.1) is 5.56 Å². The van der Waals surface area contributed by atoms with Gasteiger partial charge in [-0.2, -0.15) is 0 Å². The zero-order valence-electron chi connectivity index (χ0n) is 11.1. The van der Waals surface area contributed by atoms with Gasteiger partial charge in [-0.05, 0) is 42.5 Å². The molecule has 2 rings (SSSR count). The number of rotatable bonds is 3. The number of nitrogens with one attached hydrogen (secondary N) is 1. The second kappa shape index (κ2) is 5.87. The van der Waals surface area contributed by atoms with Gasteiger partial charge in [-0.1, -0.05) is 19.3 Å². The normalized spacial score (nSPS) is 16.1. The van der Waals surface area contributed by atoms with Crippen LogP contribution in [0.3, 0.4) is 0 Å². The molecule has 2 N–H and O–H groups in total. The zero-order valence-corrected chi connectivity index (χ0v) is 11.1. The fourth-order valence-corrected chi connectivity index (χ4v) is 2.72. The highest BCUT2D eigenvalue weighted by Gasteiger charge is 2.19. The topological polar surface area (TPSA) is 66.4 Å². The van der Waals surface area contributed by atoms with E-state index < -0.39 is 5.97 Å². The van der Waals surface area contributed by atoms with Crippen molar-refractivity contribution in [2.75, 3.05) is 7.05 Å². The lowest BCUT2D eigenvalue weighted by Gasteiger charge is -2.22.